The van der Waals surface area contributed by atoms with Crippen molar-refractivity contribution >= 4 is 33.3 Å². The number of rotatable bonds is 3. The van der Waals surface area contributed by atoms with Gasteiger partial charge in [-0.25, -0.2) is 9.78 Å². The van der Waals surface area contributed by atoms with E-state index in [1.165, 1.54) is 16.7 Å². The number of anilines is 1. The van der Waals surface area contributed by atoms with E-state index >= 15 is 0 Å². The van der Waals surface area contributed by atoms with Crippen LogP contribution in [0, 0.1) is 6.92 Å². The molecule has 4 nitrogen and oxygen atoms in total. The first-order valence-corrected chi connectivity index (χ1v) is 7.99. The molecule has 0 aliphatic heterocycles. The van der Waals surface area contributed by atoms with Crippen LogP contribution in [-0.2, 0) is 0 Å². The number of urea groups is 1. The van der Waals surface area contributed by atoms with Crippen LogP contribution in [0.4, 0.5) is 9.93 Å². The number of aromatic nitrogens is 1. The Kier molecular flexibility index (Phi) is 4.06. The summed E-state index contributed by atoms with van der Waals surface area (Å²) in [6.45, 7) is 3.88. The summed E-state index contributed by atoms with van der Waals surface area (Å²) in [6.07, 6.45) is 0. The van der Waals surface area contributed by atoms with Crippen molar-refractivity contribution in [3.8, 4) is 0 Å². The standard InChI is InChI=1S/C17H17N3OS/c1-11-10-22-17(18-11)20-16(21)19-12(2)14-9-5-7-13-6-3-4-8-15(13)14/h3-10,12H,1-2H3,(H2,18,19,20,21). The molecule has 0 saturated carbocycles. The van der Waals surface area contributed by atoms with Crippen molar-refractivity contribution in [2.24, 2.45) is 0 Å². The molecule has 2 aromatic carbocycles. The third kappa shape index (κ3) is 3.09. The highest BCUT2D eigenvalue weighted by molar-refractivity contribution is 7.13. The number of fused-ring (bicyclic) bond motifs is 1. The maximum Gasteiger partial charge on any atom is 0.321 e. The topological polar surface area (TPSA) is 54.0 Å². The third-order valence-corrected chi connectivity index (χ3v) is 4.35. The normalized spacial score (nSPS) is 12.1. The molecular formula is C17H17N3OS. The van der Waals surface area contributed by atoms with Gasteiger partial charge in [0.1, 0.15) is 0 Å². The first-order valence-electron chi connectivity index (χ1n) is 7.11. The van der Waals surface area contributed by atoms with E-state index in [-0.39, 0.29) is 12.1 Å². The Morgan fingerprint density at radius 3 is 2.73 bits per heavy atom. The largest absolute Gasteiger partial charge is 0.331 e. The second-order valence-corrected chi connectivity index (χ2v) is 6.04. The Morgan fingerprint density at radius 2 is 1.95 bits per heavy atom. The van der Waals surface area contributed by atoms with Gasteiger partial charge in [-0.15, -0.1) is 11.3 Å². The van der Waals surface area contributed by atoms with E-state index in [0.29, 0.717) is 5.13 Å². The number of amides is 2. The van der Waals surface area contributed by atoms with Crippen LogP contribution in [0.1, 0.15) is 24.2 Å². The van der Waals surface area contributed by atoms with Crippen LogP contribution < -0.4 is 10.6 Å². The molecule has 0 aliphatic rings. The second kappa shape index (κ2) is 6.15. The lowest BCUT2D eigenvalue weighted by Crippen LogP contribution is -2.31. The smallest absolute Gasteiger partial charge is 0.321 e. The molecule has 112 valence electrons. The van der Waals surface area contributed by atoms with Gasteiger partial charge >= 0.3 is 6.03 Å². The van der Waals surface area contributed by atoms with Crippen LogP contribution in [0.25, 0.3) is 10.8 Å². The molecule has 2 amide bonds. The van der Waals surface area contributed by atoms with Gasteiger partial charge in [0.15, 0.2) is 5.13 Å². The summed E-state index contributed by atoms with van der Waals surface area (Å²) < 4.78 is 0. The van der Waals surface area contributed by atoms with E-state index in [2.05, 4.69) is 33.8 Å². The molecule has 1 unspecified atom stereocenters. The van der Waals surface area contributed by atoms with Crippen molar-refractivity contribution in [1.82, 2.24) is 10.3 Å². The van der Waals surface area contributed by atoms with Gasteiger partial charge in [0.05, 0.1) is 11.7 Å². The highest BCUT2D eigenvalue weighted by atomic mass is 32.1. The lowest BCUT2D eigenvalue weighted by Gasteiger charge is -2.16. The van der Waals surface area contributed by atoms with Crippen LogP contribution in [0.3, 0.4) is 0 Å². The number of nitrogens with one attached hydrogen (secondary N) is 2. The van der Waals surface area contributed by atoms with Gasteiger partial charge < -0.3 is 5.32 Å². The zero-order valence-electron chi connectivity index (χ0n) is 12.5. The molecule has 0 bridgehead atoms. The summed E-state index contributed by atoms with van der Waals surface area (Å²) in [7, 11) is 0. The number of hydrogen-bond acceptors (Lipinski definition) is 3. The molecular weight excluding hydrogens is 294 g/mol. The fourth-order valence-corrected chi connectivity index (χ4v) is 3.13. The number of hydrogen-bond donors (Lipinski definition) is 2. The lowest BCUT2D eigenvalue weighted by atomic mass is 10.00. The number of nitrogens with zero attached hydrogens (tertiary/aromatic N) is 1. The summed E-state index contributed by atoms with van der Waals surface area (Å²) in [5.74, 6) is 0. The molecule has 1 atom stereocenters. The summed E-state index contributed by atoms with van der Waals surface area (Å²) in [5, 5.41) is 10.6. The molecule has 5 heteroatoms. The molecule has 0 radical (unpaired) electrons. The molecule has 2 N–H and O–H groups in total. The Hall–Kier alpha value is -2.40. The van der Waals surface area contributed by atoms with Gasteiger partial charge in [-0.3, -0.25) is 5.32 Å². The van der Waals surface area contributed by atoms with Crippen molar-refractivity contribution in [2.45, 2.75) is 19.9 Å². The zero-order valence-corrected chi connectivity index (χ0v) is 13.3. The van der Waals surface area contributed by atoms with Crippen LogP contribution in [-0.4, -0.2) is 11.0 Å². The summed E-state index contributed by atoms with van der Waals surface area (Å²) in [6, 6.07) is 14.0. The lowest BCUT2D eigenvalue weighted by molar-refractivity contribution is 0.249. The fraction of sp³-hybridized carbons (Fsp3) is 0.176. The highest BCUT2D eigenvalue weighted by Gasteiger charge is 2.13. The minimum Gasteiger partial charge on any atom is -0.331 e. The summed E-state index contributed by atoms with van der Waals surface area (Å²) in [5.41, 5.74) is 2.01. The van der Waals surface area contributed by atoms with Crippen molar-refractivity contribution < 1.29 is 4.79 Å². The van der Waals surface area contributed by atoms with Gasteiger partial charge in [0, 0.05) is 5.38 Å². The van der Waals surface area contributed by atoms with Crippen molar-refractivity contribution in [2.75, 3.05) is 5.32 Å². The first kappa shape index (κ1) is 14.5. The van der Waals surface area contributed by atoms with Crippen LogP contribution >= 0.6 is 11.3 Å². The van der Waals surface area contributed by atoms with E-state index in [1.807, 2.05) is 43.5 Å². The van der Waals surface area contributed by atoms with Crippen LogP contribution in [0.2, 0.25) is 0 Å². The number of carbonyl (C=O) groups is 1. The average Bonchev–Trinajstić information content (AvgIpc) is 2.91. The molecule has 0 fully saturated rings. The molecule has 1 heterocycles. The Balaban J connectivity index is 1.75. The minimum atomic E-state index is -0.241. The number of carbonyl (C=O) groups excluding carboxylic acids is 1. The summed E-state index contributed by atoms with van der Waals surface area (Å²) in [4.78, 5) is 16.3. The van der Waals surface area contributed by atoms with E-state index in [4.69, 9.17) is 0 Å². The van der Waals surface area contributed by atoms with E-state index in [0.717, 1.165) is 16.6 Å². The summed E-state index contributed by atoms with van der Waals surface area (Å²) >= 11 is 1.42. The van der Waals surface area contributed by atoms with Gasteiger partial charge in [-0.1, -0.05) is 42.5 Å². The van der Waals surface area contributed by atoms with E-state index < -0.39 is 0 Å². The molecule has 1 aromatic heterocycles. The number of aryl methyl sites for hydroxylation is 1. The highest BCUT2D eigenvalue weighted by Crippen LogP contribution is 2.24. The molecule has 0 aliphatic carbocycles. The van der Waals surface area contributed by atoms with E-state index in [1.54, 1.807) is 0 Å². The second-order valence-electron chi connectivity index (χ2n) is 5.18. The fourth-order valence-electron chi connectivity index (χ4n) is 2.45. The quantitative estimate of drug-likeness (QED) is 0.749. The third-order valence-electron chi connectivity index (χ3n) is 3.48. The maximum atomic E-state index is 12.1. The van der Waals surface area contributed by atoms with Crippen LogP contribution in [0.5, 0.6) is 0 Å². The Morgan fingerprint density at radius 1 is 1.18 bits per heavy atom. The van der Waals surface area contributed by atoms with Gasteiger partial charge in [0.25, 0.3) is 0 Å². The minimum absolute atomic E-state index is 0.0906. The molecule has 3 aromatic rings. The molecule has 0 spiro atoms. The van der Waals surface area contributed by atoms with Gasteiger partial charge in [-0.05, 0) is 30.2 Å². The molecule has 22 heavy (non-hydrogen) atoms. The molecule has 0 saturated heterocycles. The zero-order chi connectivity index (χ0) is 15.5. The Bertz CT molecular complexity index is 807. The predicted molar refractivity (Wildman–Crippen MR) is 91.4 cm³/mol. The first-order chi connectivity index (χ1) is 10.6. The number of thiazole rings is 1. The van der Waals surface area contributed by atoms with Crippen molar-refractivity contribution in [3.63, 3.8) is 0 Å². The van der Waals surface area contributed by atoms with E-state index in [9.17, 15) is 4.79 Å². The maximum absolute atomic E-state index is 12.1. The van der Waals surface area contributed by atoms with Gasteiger partial charge in [-0.2, -0.15) is 0 Å². The van der Waals surface area contributed by atoms with Crippen LogP contribution in [0.15, 0.2) is 47.8 Å². The van der Waals surface area contributed by atoms with Crippen molar-refractivity contribution in [3.05, 3.63) is 59.1 Å². The number of benzene rings is 2. The monoisotopic (exact) mass is 311 g/mol. The predicted octanol–water partition coefficient (Wildman–Crippen LogP) is 4.49. The average molecular weight is 311 g/mol. The SMILES string of the molecule is Cc1csc(NC(=O)NC(C)c2cccc3ccccc23)n1. The Labute approximate surface area is 133 Å². The van der Waals surface area contributed by atoms with Crippen molar-refractivity contribution in [1.29, 1.82) is 0 Å². The van der Waals surface area contributed by atoms with Gasteiger partial charge in [0.2, 0.25) is 0 Å². The molecule has 3 rings (SSSR count).